The Labute approximate surface area is 233 Å². The summed E-state index contributed by atoms with van der Waals surface area (Å²) in [5, 5.41) is 2.65. The summed E-state index contributed by atoms with van der Waals surface area (Å²) in [6.07, 6.45) is 0. The summed E-state index contributed by atoms with van der Waals surface area (Å²) in [4.78, 5) is 2.30. The minimum atomic E-state index is 1.16. The van der Waals surface area contributed by atoms with Crippen LogP contribution in [0.2, 0.25) is 0 Å². The lowest BCUT2D eigenvalue weighted by Crippen LogP contribution is -2.11. The molecule has 0 spiro atoms. The van der Waals surface area contributed by atoms with Gasteiger partial charge in [0.05, 0.1) is 0 Å². The summed E-state index contributed by atoms with van der Waals surface area (Å²) in [5.41, 5.74) is 9.78. The van der Waals surface area contributed by atoms with Gasteiger partial charge in [0.15, 0.2) is 0 Å². The first-order valence-corrected chi connectivity index (χ1v) is 14.1. The van der Waals surface area contributed by atoms with Gasteiger partial charge in [-0.1, -0.05) is 121 Å². The largest absolute Gasteiger partial charge is 0.344 e. The highest BCUT2D eigenvalue weighted by Gasteiger charge is 2.17. The van der Waals surface area contributed by atoms with E-state index >= 15 is 0 Å². The van der Waals surface area contributed by atoms with E-state index in [-0.39, 0.29) is 0 Å². The van der Waals surface area contributed by atoms with Gasteiger partial charge in [-0.15, -0.1) is 11.3 Å². The number of rotatable bonds is 5. The fourth-order valence-electron chi connectivity index (χ4n) is 5.56. The van der Waals surface area contributed by atoms with Crippen LogP contribution in [0.25, 0.3) is 53.6 Å². The lowest BCUT2D eigenvalue weighted by atomic mass is 9.92. The van der Waals surface area contributed by atoms with Gasteiger partial charge in [-0.2, -0.15) is 0 Å². The molecule has 0 saturated heterocycles. The molecular formula is C37H27NS. The van der Waals surface area contributed by atoms with Crippen LogP contribution in [0.3, 0.4) is 0 Å². The Hall–Kier alpha value is -4.66. The molecular weight excluding hydrogens is 490 g/mol. The third-order valence-electron chi connectivity index (χ3n) is 7.52. The Bertz CT molecular complexity index is 1920. The molecule has 0 unspecified atom stereocenters. The van der Waals surface area contributed by atoms with Crippen LogP contribution in [0.5, 0.6) is 0 Å². The molecule has 1 nitrogen and oxygen atoms in total. The normalized spacial score (nSPS) is 11.2. The van der Waals surface area contributed by atoms with E-state index in [0.29, 0.717) is 0 Å². The number of nitrogens with zero attached hydrogens (tertiary/aromatic N) is 1. The van der Waals surface area contributed by atoms with E-state index in [1.54, 1.807) is 0 Å². The van der Waals surface area contributed by atoms with Crippen molar-refractivity contribution in [1.29, 1.82) is 0 Å². The van der Waals surface area contributed by atoms with Gasteiger partial charge in [0.2, 0.25) is 0 Å². The van der Waals surface area contributed by atoms with E-state index in [0.717, 1.165) is 5.69 Å². The second kappa shape index (κ2) is 9.90. The van der Waals surface area contributed by atoms with Gasteiger partial charge in [0.25, 0.3) is 0 Å². The summed E-state index contributed by atoms with van der Waals surface area (Å²) in [6, 6.07) is 52.4. The minimum Gasteiger partial charge on any atom is -0.344 e. The van der Waals surface area contributed by atoms with Crippen LogP contribution < -0.4 is 4.90 Å². The van der Waals surface area contributed by atoms with Crippen LogP contribution in [0.4, 0.5) is 11.4 Å². The lowest BCUT2D eigenvalue weighted by molar-refractivity contribution is 1.21. The first-order valence-electron chi connectivity index (χ1n) is 13.3. The highest BCUT2D eigenvalue weighted by Crippen LogP contribution is 2.44. The highest BCUT2D eigenvalue weighted by molar-refractivity contribution is 7.26. The second-order valence-corrected chi connectivity index (χ2v) is 10.9. The van der Waals surface area contributed by atoms with E-state index in [1.165, 1.54) is 59.2 Å². The van der Waals surface area contributed by atoms with Gasteiger partial charge >= 0.3 is 0 Å². The summed E-state index contributed by atoms with van der Waals surface area (Å²) in [7, 11) is 2.16. The van der Waals surface area contributed by atoms with Crippen LogP contribution in [0.15, 0.2) is 146 Å². The van der Waals surface area contributed by atoms with E-state index in [2.05, 4.69) is 158 Å². The van der Waals surface area contributed by atoms with Crippen LogP contribution in [0.1, 0.15) is 0 Å². The number of thiophene rings is 1. The summed E-state index contributed by atoms with van der Waals surface area (Å²) < 4.78 is 2.67. The van der Waals surface area contributed by atoms with Crippen molar-refractivity contribution in [1.82, 2.24) is 0 Å². The van der Waals surface area contributed by atoms with E-state index in [4.69, 9.17) is 0 Å². The zero-order valence-electron chi connectivity index (χ0n) is 21.7. The maximum atomic E-state index is 2.35. The average molecular weight is 518 g/mol. The first kappa shape index (κ1) is 23.5. The van der Waals surface area contributed by atoms with E-state index < -0.39 is 0 Å². The quantitative estimate of drug-likeness (QED) is 0.219. The average Bonchev–Trinajstić information content (AvgIpc) is 3.40. The zero-order chi connectivity index (χ0) is 26.2. The Morgan fingerprint density at radius 1 is 0.462 bits per heavy atom. The number of hydrogen-bond acceptors (Lipinski definition) is 2. The first-order chi connectivity index (χ1) is 19.3. The van der Waals surface area contributed by atoms with Gasteiger partial charge in [-0.05, 0) is 46.5 Å². The van der Waals surface area contributed by atoms with E-state index in [9.17, 15) is 0 Å². The molecule has 186 valence electrons. The molecule has 0 N–H and O–H groups in total. The molecule has 39 heavy (non-hydrogen) atoms. The van der Waals surface area contributed by atoms with Crippen molar-refractivity contribution in [2.45, 2.75) is 0 Å². The molecule has 1 aromatic heterocycles. The molecule has 6 aromatic carbocycles. The number of fused-ring (bicyclic) bond motifs is 3. The van der Waals surface area contributed by atoms with Crippen molar-refractivity contribution in [3.05, 3.63) is 146 Å². The van der Waals surface area contributed by atoms with Crippen molar-refractivity contribution in [2.75, 3.05) is 11.9 Å². The Morgan fingerprint density at radius 2 is 1.08 bits per heavy atom. The minimum absolute atomic E-state index is 1.16. The SMILES string of the molecule is CN(c1ccc(-c2cccc3c2sc2ccccc23)c(-c2ccccc2)c1)c1ccccc1-c1ccccc1. The molecule has 0 saturated carbocycles. The van der Waals surface area contributed by atoms with Crippen molar-refractivity contribution in [3.63, 3.8) is 0 Å². The zero-order valence-corrected chi connectivity index (χ0v) is 22.5. The van der Waals surface area contributed by atoms with Gasteiger partial charge in [-0.25, -0.2) is 0 Å². The molecule has 0 aliphatic carbocycles. The van der Waals surface area contributed by atoms with Crippen LogP contribution in [0, 0.1) is 0 Å². The fourth-order valence-corrected chi connectivity index (χ4v) is 6.79. The Morgan fingerprint density at radius 3 is 1.87 bits per heavy atom. The monoisotopic (exact) mass is 517 g/mol. The predicted molar refractivity (Wildman–Crippen MR) is 170 cm³/mol. The number of anilines is 2. The van der Waals surface area contributed by atoms with Crippen molar-refractivity contribution < 1.29 is 0 Å². The molecule has 0 amide bonds. The molecule has 0 aliphatic heterocycles. The number of para-hydroxylation sites is 1. The third kappa shape index (κ3) is 4.20. The third-order valence-corrected chi connectivity index (χ3v) is 8.74. The maximum absolute atomic E-state index is 2.35. The molecule has 2 heteroatoms. The van der Waals surface area contributed by atoms with Crippen molar-refractivity contribution in [2.24, 2.45) is 0 Å². The highest BCUT2D eigenvalue weighted by atomic mass is 32.1. The summed E-state index contributed by atoms with van der Waals surface area (Å²) in [5.74, 6) is 0. The smallest absolute Gasteiger partial charge is 0.0487 e. The van der Waals surface area contributed by atoms with E-state index in [1.807, 2.05) is 11.3 Å². The molecule has 0 fully saturated rings. The van der Waals surface area contributed by atoms with Crippen LogP contribution in [-0.4, -0.2) is 7.05 Å². The van der Waals surface area contributed by atoms with Crippen molar-refractivity contribution >= 4 is 42.9 Å². The summed E-state index contributed by atoms with van der Waals surface area (Å²) >= 11 is 1.88. The molecule has 1 heterocycles. The number of benzene rings is 6. The van der Waals surface area contributed by atoms with Gasteiger partial charge < -0.3 is 4.90 Å². The summed E-state index contributed by atoms with van der Waals surface area (Å²) in [6.45, 7) is 0. The van der Waals surface area contributed by atoms with Gasteiger partial charge in [0, 0.05) is 49.7 Å². The molecule has 0 atom stereocenters. The van der Waals surface area contributed by atoms with Gasteiger partial charge in [0.1, 0.15) is 0 Å². The van der Waals surface area contributed by atoms with Crippen molar-refractivity contribution in [3.8, 4) is 33.4 Å². The van der Waals surface area contributed by atoms with Crippen LogP contribution in [-0.2, 0) is 0 Å². The Kier molecular flexibility index (Phi) is 5.96. The molecule has 7 aromatic rings. The lowest BCUT2D eigenvalue weighted by Gasteiger charge is -2.24. The molecule has 0 radical (unpaired) electrons. The molecule has 0 bridgehead atoms. The fraction of sp³-hybridized carbons (Fsp3) is 0.0270. The second-order valence-electron chi connectivity index (χ2n) is 9.82. The Balaban J connectivity index is 1.41. The predicted octanol–water partition coefficient (Wildman–Crippen LogP) is 10.8. The number of hydrogen-bond donors (Lipinski definition) is 0. The van der Waals surface area contributed by atoms with Crippen LogP contribution >= 0.6 is 11.3 Å². The van der Waals surface area contributed by atoms with Gasteiger partial charge in [-0.3, -0.25) is 0 Å². The molecule has 7 rings (SSSR count). The maximum Gasteiger partial charge on any atom is 0.0487 e. The topological polar surface area (TPSA) is 3.24 Å². The standard InChI is InChI=1S/C37H27NS/c1-38(35-21-10-8-17-29(35)26-13-4-2-5-14-26)28-23-24-30(34(25-28)27-15-6-3-7-16-27)32-19-12-20-33-31-18-9-11-22-36(31)39-37(32)33/h2-25H,1H3. The molecule has 0 aliphatic rings.